The first-order valence-electron chi connectivity index (χ1n) is 5.40. The predicted molar refractivity (Wildman–Crippen MR) is 70.6 cm³/mol. The van der Waals surface area contributed by atoms with E-state index in [-0.39, 0.29) is 0 Å². The van der Waals surface area contributed by atoms with E-state index in [1.54, 1.807) is 11.3 Å². The molecule has 0 spiro atoms. The monoisotopic (exact) mass is 284 g/mol. The van der Waals surface area contributed by atoms with E-state index in [9.17, 15) is 4.79 Å². The Labute approximate surface area is 112 Å². The number of aliphatic carboxylic acids is 1. The highest BCUT2D eigenvalue weighted by Crippen LogP contribution is 2.23. The molecule has 0 fully saturated rings. The molecular weight excluding hydrogens is 272 g/mol. The standard InChI is InChI=1S/C11H12N2O3S2/c1-2-8(11(14)15)18-6-9-12-10(13-16-9)7-3-4-17-5-7/h3-5,8H,2,6H2,1H3,(H,14,15). The Morgan fingerprint density at radius 3 is 3.11 bits per heavy atom. The zero-order valence-corrected chi connectivity index (χ0v) is 11.3. The normalized spacial score (nSPS) is 12.5. The number of thiophene rings is 1. The molecule has 2 heterocycles. The summed E-state index contributed by atoms with van der Waals surface area (Å²) >= 11 is 2.87. The number of thioether (sulfide) groups is 1. The van der Waals surface area contributed by atoms with Crippen molar-refractivity contribution >= 4 is 29.1 Å². The zero-order valence-electron chi connectivity index (χ0n) is 9.70. The van der Waals surface area contributed by atoms with Gasteiger partial charge in [-0.05, 0) is 17.9 Å². The number of carbonyl (C=O) groups is 1. The molecule has 0 aliphatic carbocycles. The van der Waals surface area contributed by atoms with Gasteiger partial charge in [-0.2, -0.15) is 16.3 Å². The van der Waals surface area contributed by atoms with Crippen LogP contribution in [0.2, 0.25) is 0 Å². The van der Waals surface area contributed by atoms with Crippen LogP contribution in [-0.4, -0.2) is 26.5 Å². The summed E-state index contributed by atoms with van der Waals surface area (Å²) in [5.74, 6) is 0.623. The van der Waals surface area contributed by atoms with Gasteiger partial charge in [-0.3, -0.25) is 4.79 Å². The summed E-state index contributed by atoms with van der Waals surface area (Å²) in [7, 11) is 0. The van der Waals surface area contributed by atoms with Crippen LogP contribution in [0.4, 0.5) is 0 Å². The highest BCUT2D eigenvalue weighted by atomic mass is 32.2. The highest BCUT2D eigenvalue weighted by molar-refractivity contribution is 7.99. The molecule has 0 radical (unpaired) electrons. The van der Waals surface area contributed by atoms with Crippen LogP contribution in [0.5, 0.6) is 0 Å². The molecule has 0 bridgehead atoms. The minimum atomic E-state index is -0.805. The number of carboxylic acid groups (broad SMARTS) is 1. The Morgan fingerprint density at radius 2 is 2.50 bits per heavy atom. The fraction of sp³-hybridized carbons (Fsp3) is 0.364. The Hall–Kier alpha value is -1.34. The lowest BCUT2D eigenvalue weighted by Crippen LogP contribution is -2.15. The van der Waals surface area contributed by atoms with Crippen molar-refractivity contribution in [2.45, 2.75) is 24.3 Å². The molecule has 0 aliphatic rings. The first-order chi connectivity index (χ1) is 8.70. The Kier molecular flexibility index (Phi) is 4.38. The third-order valence-electron chi connectivity index (χ3n) is 2.30. The van der Waals surface area contributed by atoms with Gasteiger partial charge in [0, 0.05) is 10.9 Å². The Bertz CT molecular complexity index is 510. The molecule has 7 heteroatoms. The molecule has 2 rings (SSSR count). The molecule has 0 aliphatic heterocycles. The van der Waals surface area contributed by atoms with Gasteiger partial charge in [-0.25, -0.2) is 0 Å². The Balaban J connectivity index is 1.97. The molecule has 0 amide bonds. The van der Waals surface area contributed by atoms with Crippen LogP contribution < -0.4 is 0 Å². The molecule has 2 aromatic heterocycles. The van der Waals surface area contributed by atoms with Crippen LogP contribution in [0, 0.1) is 0 Å². The second-order valence-corrected chi connectivity index (χ2v) is 5.54. The van der Waals surface area contributed by atoms with Crippen LogP contribution in [0.15, 0.2) is 21.3 Å². The van der Waals surface area contributed by atoms with E-state index in [1.807, 2.05) is 23.8 Å². The first kappa shape index (κ1) is 13.1. The summed E-state index contributed by atoms with van der Waals surface area (Å²) in [6.45, 7) is 1.84. The second kappa shape index (κ2) is 6.01. The van der Waals surface area contributed by atoms with E-state index >= 15 is 0 Å². The van der Waals surface area contributed by atoms with Crippen LogP contribution in [0.25, 0.3) is 11.4 Å². The van der Waals surface area contributed by atoms with Gasteiger partial charge >= 0.3 is 5.97 Å². The quantitative estimate of drug-likeness (QED) is 0.879. The lowest BCUT2D eigenvalue weighted by Gasteiger charge is -2.06. The summed E-state index contributed by atoms with van der Waals surface area (Å²) in [6.07, 6.45) is 0.575. The third kappa shape index (κ3) is 3.11. The topological polar surface area (TPSA) is 76.2 Å². The summed E-state index contributed by atoms with van der Waals surface area (Å²) < 4.78 is 5.09. The van der Waals surface area contributed by atoms with Crippen LogP contribution in [0.1, 0.15) is 19.2 Å². The first-order valence-corrected chi connectivity index (χ1v) is 7.39. The average molecular weight is 284 g/mol. The van der Waals surface area contributed by atoms with Gasteiger partial charge in [0.15, 0.2) is 0 Å². The Morgan fingerprint density at radius 1 is 1.67 bits per heavy atom. The van der Waals surface area contributed by atoms with Gasteiger partial charge in [0.25, 0.3) is 0 Å². The minimum Gasteiger partial charge on any atom is -0.480 e. The van der Waals surface area contributed by atoms with E-state index in [0.29, 0.717) is 23.9 Å². The smallest absolute Gasteiger partial charge is 0.316 e. The number of nitrogens with zero attached hydrogens (tertiary/aromatic N) is 2. The van der Waals surface area contributed by atoms with Crippen LogP contribution in [-0.2, 0) is 10.5 Å². The van der Waals surface area contributed by atoms with Gasteiger partial charge in [-0.1, -0.05) is 12.1 Å². The molecule has 2 aromatic rings. The summed E-state index contributed by atoms with van der Waals surface area (Å²) in [5.41, 5.74) is 0.922. The molecule has 1 unspecified atom stereocenters. The van der Waals surface area contributed by atoms with Crippen LogP contribution in [0.3, 0.4) is 0 Å². The molecule has 18 heavy (non-hydrogen) atoms. The predicted octanol–water partition coefficient (Wildman–Crippen LogP) is 2.89. The minimum absolute atomic E-state index is 0.419. The maximum Gasteiger partial charge on any atom is 0.316 e. The summed E-state index contributed by atoms with van der Waals surface area (Å²) in [5, 5.41) is 16.2. The van der Waals surface area contributed by atoms with Gasteiger partial charge in [0.1, 0.15) is 5.25 Å². The zero-order chi connectivity index (χ0) is 13.0. The van der Waals surface area contributed by atoms with Crippen LogP contribution >= 0.6 is 23.1 Å². The fourth-order valence-corrected chi connectivity index (χ4v) is 2.83. The van der Waals surface area contributed by atoms with Crippen molar-refractivity contribution < 1.29 is 14.4 Å². The van der Waals surface area contributed by atoms with E-state index in [1.165, 1.54) is 11.8 Å². The summed E-state index contributed by atoms with van der Waals surface area (Å²) in [4.78, 5) is 15.1. The number of aromatic nitrogens is 2. The van der Waals surface area contributed by atoms with Crippen molar-refractivity contribution in [2.75, 3.05) is 0 Å². The molecule has 96 valence electrons. The van der Waals surface area contributed by atoms with Crippen molar-refractivity contribution in [3.05, 3.63) is 22.7 Å². The molecular formula is C11H12N2O3S2. The third-order valence-corrected chi connectivity index (χ3v) is 4.34. The van der Waals surface area contributed by atoms with E-state index in [4.69, 9.17) is 9.63 Å². The molecule has 0 saturated heterocycles. The van der Waals surface area contributed by atoms with Gasteiger partial charge in [-0.15, -0.1) is 11.8 Å². The largest absolute Gasteiger partial charge is 0.480 e. The lowest BCUT2D eigenvalue weighted by atomic mass is 10.3. The maximum absolute atomic E-state index is 10.9. The van der Waals surface area contributed by atoms with Gasteiger partial charge in [0.2, 0.25) is 11.7 Å². The fourth-order valence-electron chi connectivity index (χ4n) is 1.36. The van der Waals surface area contributed by atoms with E-state index in [0.717, 1.165) is 5.56 Å². The SMILES string of the molecule is CCC(SCc1nc(-c2ccsc2)no1)C(=O)O. The number of hydrogen-bond acceptors (Lipinski definition) is 6. The number of carboxylic acids is 1. The maximum atomic E-state index is 10.9. The highest BCUT2D eigenvalue weighted by Gasteiger charge is 2.17. The van der Waals surface area contributed by atoms with Crippen molar-refractivity contribution in [3.8, 4) is 11.4 Å². The van der Waals surface area contributed by atoms with Gasteiger partial charge < -0.3 is 9.63 Å². The molecule has 1 atom stereocenters. The molecule has 0 aromatic carbocycles. The lowest BCUT2D eigenvalue weighted by molar-refractivity contribution is -0.136. The van der Waals surface area contributed by atoms with Gasteiger partial charge in [0.05, 0.1) is 5.75 Å². The van der Waals surface area contributed by atoms with E-state index in [2.05, 4.69) is 10.1 Å². The van der Waals surface area contributed by atoms with Crippen molar-refractivity contribution in [2.24, 2.45) is 0 Å². The van der Waals surface area contributed by atoms with E-state index < -0.39 is 11.2 Å². The average Bonchev–Trinajstić information content (AvgIpc) is 2.99. The second-order valence-electron chi connectivity index (χ2n) is 3.57. The molecule has 5 nitrogen and oxygen atoms in total. The molecule has 0 saturated carbocycles. The van der Waals surface area contributed by atoms with Crippen molar-refractivity contribution in [1.82, 2.24) is 10.1 Å². The van der Waals surface area contributed by atoms with Crippen molar-refractivity contribution in [1.29, 1.82) is 0 Å². The van der Waals surface area contributed by atoms with Crippen molar-refractivity contribution in [3.63, 3.8) is 0 Å². The number of rotatable bonds is 6. The molecule has 1 N–H and O–H groups in total. The number of hydrogen-bond donors (Lipinski definition) is 1. The summed E-state index contributed by atoms with van der Waals surface area (Å²) in [6, 6.07) is 1.92.